The topological polar surface area (TPSA) is 49.8 Å². The van der Waals surface area contributed by atoms with Crippen molar-refractivity contribution in [1.82, 2.24) is 4.90 Å². The summed E-state index contributed by atoms with van der Waals surface area (Å²) in [6.07, 6.45) is 0. The Morgan fingerprint density at radius 2 is 1.85 bits per heavy atom. The fourth-order valence-electron chi connectivity index (χ4n) is 1.88. The van der Waals surface area contributed by atoms with Crippen molar-refractivity contribution in [1.29, 1.82) is 0 Å². The summed E-state index contributed by atoms with van der Waals surface area (Å²) in [5.74, 6) is 0.0192. The van der Waals surface area contributed by atoms with Crippen LogP contribution in [0.4, 0.5) is 0 Å². The van der Waals surface area contributed by atoms with Crippen LogP contribution in [0.1, 0.15) is 33.3 Å². The van der Waals surface area contributed by atoms with Crippen molar-refractivity contribution in [2.45, 2.75) is 33.1 Å². The van der Waals surface area contributed by atoms with Gasteiger partial charge >= 0.3 is 5.97 Å². The first-order valence-corrected chi connectivity index (χ1v) is 7.00. The van der Waals surface area contributed by atoms with Crippen LogP contribution in [0, 0.1) is 0 Å². The normalized spacial score (nSPS) is 11.7. The Bertz CT molecular complexity index is 420. The average Bonchev–Trinajstić information content (AvgIpc) is 2.36. The lowest BCUT2D eigenvalue weighted by Crippen LogP contribution is -2.33. The van der Waals surface area contributed by atoms with Crippen molar-refractivity contribution in [3.63, 3.8) is 0 Å². The molecule has 4 nitrogen and oxygen atoms in total. The number of rotatable bonds is 7. The molecule has 1 aromatic rings. The number of hydrogen-bond donors (Lipinski definition) is 1. The van der Waals surface area contributed by atoms with Gasteiger partial charge < -0.3 is 9.84 Å². The van der Waals surface area contributed by atoms with Gasteiger partial charge in [-0.1, -0.05) is 39.8 Å². The van der Waals surface area contributed by atoms with Crippen molar-refractivity contribution in [3.8, 4) is 5.75 Å². The third-order valence-electron chi connectivity index (χ3n) is 3.20. The predicted molar refractivity (Wildman–Crippen MR) is 80.4 cm³/mol. The molecule has 0 spiro atoms. The quantitative estimate of drug-likeness (QED) is 0.834. The zero-order chi connectivity index (χ0) is 15.2. The summed E-state index contributed by atoms with van der Waals surface area (Å²) >= 11 is 0. The molecule has 0 saturated heterocycles. The van der Waals surface area contributed by atoms with E-state index in [1.54, 1.807) is 0 Å². The lowest BCUT2D eigenvalue weighted by Gasteiger charge is -2.20. The highest BCUT2D eigenvalue weighted by molar-refractivity contribution is 5.69. The first-order chi connectivity index (χ1) is 9.32. The van der Waals surface area contributed by atoms with Crippen LogP contribution >= 0.6 is 0 Å². The Kier molecular flexibility index (Phi) is 6.02. The second-order valence-corrected chi connectivity index (χ2v) is 5.89. The molecule has 0 unspecified atom stereocenters. The Balaban J connectivity index is 2.44. The summed E-state index contributed by atoms with van der Waals surface area (Å²) in [6, 6.07) is 8.08. The van der Waals surface area contributed by atoms with E-state index < -0.39 is 5.97 Å². The van der Waals surface area contributed by atoms with E-state index in [4.69, 9.17) is 9.84 Å². The molecular formula is C16H25NO3. The highest BCUT2D eigenvalue weighted by Crippen LogP contribution is 2.24. The monoisotopic (exact) mass is 279 g/mol. The highest BCUT2D eigenvalue weighted by Gasteiger charge is 2.13. The summed E-state index contributed by atoms with van der Waals surface area (Å²) in [7, 11) is 0. The van der Waals surface area contributed by atoms with Crippen LogP contribution in [-0.2, 0) is 10.2 Å². The predicted octanol–water partition coefficient (Wildman–Crippen LogP) is 2.77. The van der Waals surface area contributed by atoms with Crippen LogP contribution in [0.15, 0.2) is 24.3 Å². The molecule has 0 radical (unpaired) electrons. The number of benzene rings is 1. The summed E-state index contributed by atoms with van der Waals surface area (Å²) in [4.78, 5) is 12.5. The summed E-state index contributed by atoms with van der Waals surface area (Å²) in [6.45, 7) is 10.3. The van der Waals surface area contributed by atoms with Gasteiger partial charge in [0.25, 0.3) is 0 Å². The van der Waals surface area contributed by atoms with Crippen molar-refractivity contribution in [2.75, 3.05) is 26.2 Å². The maximum absolute atomic E-state index is 10.7. The van der Waals surface area contributed by atoms with Crippen LogP contribution in [-0.4, -0.2) is 42.2 Å². The smallest absolute Gasteiger partial charge is 0.317 e. The second kappa shape index (κ2) is 7.29. The van der Waals surface area contributed by atoms with Gasteiger partial charge in [0, 0.05) is 6.54 Å². The third-order valence-corrected chi connectivity index (χ3v) is 3.20. The molecule has 4 heteroatoms. The van der Waals surface area contributed by atoms with Crippen LogP contribution in [0.5, 0.6) is 5.75 Å². The van der Waals surface area contributed by atoms with Crippen molar-refractivity contribution >= 4 is 5.97 Å². The van der Waals surface area contributed by atoms with E-state index in [0.29, 0.717) is 19.7 Å². The zero-order valence-electron chi connectivity index (χ0n) is 12.8. The molecule has 0 aliphatic rings. The lowest BCUT2D eigenvalue weighted by atomic mass is 9.87. The molecule has 0 saturated carbocycles. The average molecular weight is 279 g/mol. The Morgan fingerprint density at radius 1 is 1.25 bits per heavy atom. The van der Waals surface area contributed by atoms with Gasteiger partial charge in [0.05, 0.1) is 6.54 Å². The van der Waals surface area contributed by atoms with Crippen LogP contribution < -0.4 is 4.74 Å². The van der Waals surface area contributed by atoms with Gasteiger partial charge in [0.15, 0.2) is 0 Å². The van der Waals surface area contributed by atoms with E-state index in [1.165, 1.54) is 5.56 Å². The Hall–Kier alpha value is -1.55. The van der Waals surface area contributed by atoms with Crippen LogP contribution in [0.3, 0.4) is 0 Å². The molecule has 0 aliphatic heterocycles. The molecule has 0 bridgehead atoms. The number of nitrogens with zero attached hydrogens (tertiary/aromatic N) is 1. The molecule has 1 rings (SSSR count). The van der Waals surface area contributed by atoms with E-state index >= 15 is 0 Å². The van der Waals surface area contributed by atoms with E-state index in [1.807, 2.05) is 24.0 Å². The molecule has 0 aliphatic carbocycles. The van der Waals surface area contributed by atoms with Gasteiger partial charge in [-0.2, -0.15) is 0 Å². The first-order valence-electron chi connectivity index (χ1n) is 7.00. The minimum atomic E-state index is -0.804. The SMILES string of the molecule is CCN(CCOc1ccc(C(C)(C)C)cc1)CC(=O)O. The van der Waals surface area contributed by atoms with Gasteiger partial charge in [0.2, 0.25) is 0 Å². The minimum Gasteiger partial charge on any atom is -0.492 e. The van der Waals surface area contributed by atoms with E-state index in [0.717, 1.165) is 5.75 Å². The molecule has 0 fully saturated rings. The van der Waals surface area contributed by atoms with Crippen LogP contribution in [0.25, 0.3) is 0 Å². The molecule has 1 N–H and O–H groups in total. The van der Waals surface area contributed by atoms with Crippen molar-refractivity contribution in [2.24, 2.45) is 0 Å². The second-order valence-electron chi connectivity index (χ2n) is 5.89. The number of carboxylic acid groups (broad SMARTS) is 1. The molecule has 0 heterocycles. The summed E-state index contributed by atoms with van der Waals surface area (Å²) in [5, 5.41) is 8.76. The first kappa shape index (κ1) is 16.5. The summed E-state index contributed by atoms with van der Waals surface area (Å²) < 4.78 is 5.65. The zero-order valence-corrected chi connectivity index (χ0v) is 12.8. The number of likely N-dealkylation sites (N-methyl/N-ethyl adjacent to an activating group) is 1. The van der Waals surface area contributed by atoms with Gasteiger partial charge in [-0.15, -0.1) is 0 Å². The Labute approximate surface area is 121 Å². The van der Waals surface area contributed by atoms with Gasteiger partial charge in [-0.25, -0.2) is 0 Å². The molecular weight excluding hydrogens is 254 g/mol. The molecule has 20 heavy (non-hydrogen) atoms. The highest BCUT2D eigenvalue weighted by atomic mass is 16.5. The van der Waals surface area contributed by atoms with E-state index in [9.17, 15) is 4.79 Å². The van der Waals surface area contributed by atoms with Crippen molar-refractivity contribution in [3.05, 3.63) is 29.8 Å². The van der Waals surface area contributed by atoms with Gasteiger partial charge in [-0.05, 0) is 29.7 Å². The molecule has 1 aromatic carbocycles. The maximum Gasteiger partial charge on any atom is 0.317 e. The van der Waals surface area contributed by atoms with E-state index in [-0.39, 0.29) is 12.0 Å². The maximum atomic E-state index is 10.7. The van der Waals surface area contributed by atoms with Gasteiger partial charge in [0.1, 0.15) is 12.4 Å². The minimum absolute atomic E-state index is 0.0584. The number of carbonyl (C=O) groups is 1. The molecule has 0 atom stereocenters. The fourth-order valence-corrected chi connectivity index (χ4v) is 1.88. The van der Waals surface area contributed by atoms with Crippen molar-refractivity contribution < 1.29 is 14.6 Å². The standard InChI is InChI=1S/C16H25NO3/c1-5-17(12-15(18)19)10-11-20-14-8-6-13(7-9-14)16(2,3)4/h6-9H,5,10-12H2,1-4H3,(H,18,19). The number of aliphatic carboxylic acids is 1. The number of hydrogen-bond acceptors (Lipinski definition) is 3. The van der Waals surface area contributed by atoms with Gasteiger partial charge in [-0.3, -0.25) is 9.69 Å². The third kappa shape index (κ3) is 5.61. The van der Waals surface area contributed by atoms with E-state index in [2.05, 4.69) is 32.9 Å². The summed E-state index contributed by atoms with van der Waals surface area (Å²) in [5.41, 5.74) is 1.41. The number of ether oxygens (including phenoxy) is 1. The largest absolute Gasteiger partial charge is 0.492 e. The van der Waals surface area contributed by atoms with Crippen LogP contribution in [0.2, 0.25) is 0 Å². The molecule has 0 aromatic heterocycles. The number of carboxylic acids is 1. The lowest BCUT2D eigenvalue weighted by molar-refractivity contribution is -0.138. The fraction of sp³-hybridized carbons (Fsp3) is 0.562. The Morgan fingerprint density at radius 3 is 2.30 bits per heavy atom. The molecule has 0 amide bonds. The molecule has 112 valence electrons.